The highest BCUT2D eigenvalue weighted by atomic mass is 14.3. The zero-order valence-electron chi connectivity index (χ0n) is 12.8. The maximum atomic E-state index is 2.46. The predicted molar refractivity (Wildman–Crippen MR) is 96.2 cm³/mol. The minimum Gasteiger partial charge on any atom is -0.200 e. The Morgan fingerprint density at radius 1 is 0.636 bits per heavy atom. The van der Waals surface area contributed by atoms with Crippen molar-refractivity contribution < 1.29 is 0 Å². The van der Waals surface area contributed by atoms with Gasteiger partial charge in [0.05, 0.1) is 6.15 Å². The molecular weight excluding hydrogens is 263 g/mol. The zero-order chi connectivity index (χ0) is 14.7. The molecular formula is C21H18B-. The summed E-state index contributed by atoms with van der Waals surface area (Å²) in [5.74, 6) is 0. The highest BCUT2D eigenvalue weighted by Gasteiger charge is 2.37. The van der Waals surface area contributed by atoms with Crippen LogP contribution in [0.15, 0.2) is 66.7 Å². The van der Waals surface area contributed by atoms with Crippen LogP contribution in [-0.2, 0) is 12.8 Å². The summed E-state index contributed by atoms with van der Waals surface area (Å²) < 4.78 is 0. The molecule has 3 aromatic carbocycles. The Hall–Kier alpha value is -2.28. The quantitative estimate of drug-likeness (QED) is 0.602. The van der Waals surface area contributed by atoms with Gasteiger partial charge < -0.3 is 0 Å². The molecule has 106 valence electrons. The van der Waals surface area contributed by atoms with Crippen LogP contribution in [-0.4, -0.2) is 6.15 Å². The molecule has 2 aliphatic rings. The van der Waals surface area contributed by atoms with Crippen molar-refractivity contribution in [2.75, 3.05) is 0 Å². The summed E-state index contributed by atoms with van der Waals surface area (Å²) in [6, 6.07) is 25.0. The first kappa shape index (κ1) is 12.3. The Morgan fingerprint density at radius 3 is 1.73 bits per heavy atom. The van der Waals surface area contributed by atoms with Gasteiger partial charge in [0, 0.05) is 0 Å². The molecule has 0 aromatic heterocycles. The van der Waals surface area contributed by atoms with Crippen LogP contribution in [0.5, 0.6) is 0 Å². The Labute approximate surface area is 131 Å². The lowest BCUT2D eigenvalue weighted by Gasteiger charge is -2.35. The summed E-state index contributed by atoms with van der Waals surface area (Å²) in [5.41, 5.74) is 10.7. The van der Waals surface area contributed by atoms with E-state index < -0.39 is 6.15 Å². The smallest absolute Gasteiger partial charge is 0.0803 e. The van der Waals surface area contributed by atoms with Gasteiger partial charge in [-0.15, -0.1) is 0 Å². The lowest BCUT2D eigenvalue weighted by molar-refractivity contribution is 0.947. The van der Waals surface area contributed by atoms with E-state index in [4.69, 9.17) is 0 Å². The fourth-order valence-electron chi connectivity index (χ4n) is 4.86. The third kappa shape index (κ3) is 1.34. The average Bonchev–Trinajstić information content (AvgIpc) is 2.86. The summed E-state index contributed by atoms with van der Waals surface area (Å²) in [5, 5.41) is 0. The van der Waals surface area contributed by atoms with Crippen LogP contribution in [0.25, 0.3) is 11.1 Å². The van der Waals surface area contributed by atoms with Crippen LogP contribution in [0.3, 0.4) is 0 Å². The van der Waals surface area contributed by atoms with Gasteiger partial charge in [-0.05, 0) is 24.0 Å². The molecule has 0 spiro atoms. The van der Waals surface area contributed by atoms with E-state index >= 15 is 0 Å². The van der Waals surface area contributed by atoms with Crippen LogP contribution in [0.2, 0.25) is 6.82 Å². The van der Waals surface area contributed by atoms with Crippen molar-refractivity contribution >= 4 is 22.5 Å². The number of hydrogen-bond donors (Lipinski definition) is 0. The van der Waals surface area contributed by atoms with Crippen molar-refractivity contribution in [2.45, 2.75) is 19.7 Å². The van der Waals surface area contributed by atoms with E-state index in [2.05, 4.69) is 73.6 Å². The number of aryl methyl sites for hydroxylation is 2. The van der Waals surface area contributed by atoms with Crippen molar-refractivity contribution in [3.63, 3.8) is 0 Å². The van der Waals surface area contributed by atoms with Crippen molar-refractivity contribution in [2.24, 2.45) is 0 Å². The molecule has 5 rings (SSSR count). The SMILES string of the molecule is C[B-]1(c2ccccc2)c2cccc3c2-c2c(cccc21)CC3. The molecule has 0 radical (unpaired) electrons. The third-order valence-electron chi connectivity index (χ3n) is 5.99. The fourth-order valence-corrected chi connectivity index (χ4v) is 4.86. The molecule has 22 heavy (non-hydrogen) atoms. The molecule has 0 saturated carbocycles. The first-order chi connectivity index (χ1) is 10.8. The molecule has 0 amide bonds. The lowest BCUT2D eigenvalue weighted by atomic mass is 9.18. The standard InChI is InChI=1S/C21H18B/c1-22(17-9-3-2-4-10-17)18-11-5-7-15-13-14-16-8-6-12-19(22)21(16)20(15)18/h2-12H,13-14H2,1H3/q-1. The topological polar surface area (TPSA) is 0 Å². The minimum atomic E-state index is -0.836. The van der Waals surface area contributed by atoms with E-state index in [1.807, 2.05) is 0 Å². The van der Waals surface area contributed by atoms with E-state index in [9.17, 15) is 0 Å². The fraction of sp³-hybridized carbons (Fsp3) is 0.143. The molecule has 1 aliphatic heterocycles. The maximum absolute atomic E-state index is 2.46. The normalized spacial score (nSPS) is 16.4. The maximum Gasteiger partial charge on any atom is 0.0803 e. The number of rotatable bonds is 1. The average molecular weight is 281 g/mol. The van der Waals surface area contributed by atoms with Crippen molar-refractivity contribution in [1.29, 1.82) is 0 Å². The van der Waals surface area contributed by atoms with E-state index in [0.29, 0.717) is 0 Å². The second kappa shape index (κ2) is 4.13. The molecule has 0 fully saturated rings. The molecule has 0 N–H and O–H groups in total. The first-order valence-electron chi connectivity index (χ1n) is 8.30. The largest absolute Gasteiger partial charge is 0.200 e. The summed E-state index contributed by atoms with van der Waals surface area (Å²) in [6.45, 7) is 2.46. The Balaban J connectivity index is 1.95. The Bertz CT molecular complexity index is 840. The summed E-state index contributed by atoms with van der Waals surface area (Å²) >= 11 is 0. The van der Waals surface area contributed by atoms with Crippen molar-refractivity contribution in [1.82, 2.24) is 0 Å². The van der Waals surface area contributed by atoms with E-state index in [-0.39, 0.29) is 0 Å². The molecule has 0 unspecified atom stereocenters. The summed E-state index contributed by atoms with van der Waals surface area (Å²) in [4.78, 5) is 0. The zero-order valence-corrected chi connectivity index (χ0v) is 12.8. The van der Waals surface area contributed by atoms with Gasteiger partial charge in [-0.1, -0.05) is 77.9 Å². The van der Waals surface area contributed by atoms with Gasteiger partial charge in [-0.25, -0.2) is 5.46 Å². The van der Waals surface area contributed by atoms with Crippen LogP contribution >= 0.6 is 0 Å². The second-order valence-corrected chi connectivity index (χ2v) is 6.97. The van der Waals surface area contributed by atoms with Crippen LogP contribution in [0.1, 0.15) is 11.1 Å². The van der Waals surface area contributed by atoms with E-state index in [0.717, 1.165) is 0 Å². The highest BCUT2D eigenvalue weighted by Crippen LogP contribution is 2.37. The Kier molecular flexibility index (Phi) is 2.31. The van der Waals surface area contributed by atoms with Gasteiger partial charge in [0.15, 0.2) is 0 Å². The van der Waals surface area contributed by atoms with Gasteiger partial charge in [-0.3, -0.25) is 0 Å². The Morgan fingerprint density at radius 2 is 1.18 bits per heavy atom. The summed E-state index contributed by atoms with van der Waals surface area (Å²) in [6.07, 6.45) is 1.53. The van der Waals surface area contributed by atoms with Gasteiger partial charge in [0.25, 0.3) is 0 Å². The molecule has 1 aliphatic carbocycles. The van der Waals surface area contributed by atoms with Gasteiger partial charge in [-0.2, -0.15) is 17.7 Å². The second-order valence-electron chi connectivity index (χ2n) is 6.97. The molecule has 0 nitrogen and oxygen atoms in total. The van der Waals surface area contributed by atoms with Gasteiger partial charge in [0.1, 0.15) is 0 Å². The minimum absolute atomic E-state index is 0.836. The monoisotopic (exact) mass is 281 g/mol. The predicted octanol–water partition coefficient (Wildman–Crippen LogP) is 2.87. The van der Waals surface area contributed by atoms with Gasteiger partial charge >= 0.3 is 0 Å². The summed E-state index contributed by atoms with van der Waals surface area (Å²) in [7, 11) is 0. The van der Waals surface area contributed by atoms with Crippen molar-refractivity contribution in [3.8, 4) is 11.1 Å². The van der Waals surface area contributed by atoms with Crippen LogP contribution in [0, 0.1) is 0 Å². The van der Waals surface area contributed by atoms with E-state index in [1.165, 1.54) is 18.3 Å². The van der Waals surface area contributed by atoms with Crippen LogP contribution in [0.4, 0.5) is 0 Å². The van der Waals surface area contributed by atoms with Gasteiger partial charge in [0.2, 0.25) is 0 Å². The molecule has 1 heterocycles. The van der Waals surface area contributed by atoms with Crippen molar-refractivity contribution in [3.05, 3.63) is 77.9 Å². The molecule has 0 atom stereocenters. The number of benzene rings is 3. The van der Waals surface area contributed by atoms with E-state index in [1.54, 1.807) is 33.2 Å². The lowest BCUT2D eigenvalue weighted by Crippen LogP contribution is -2.62. The third-order valence-corrected chi connectivity index (χ3v) is 5.99. The first-order valence-corrected chi connectivity index (χ1v) is 8.30. The molecule has 0 saturated heterocycles. The van der Waals surface area contributed by atoms with Crippen LogP contribution < -0.4 is 16.4 Å². The highest BCUT2D eigenvalue weighted by molar-refractivity contribution is 7.13. The molecule has 0 bridgehead atoms. The molecule has 1 heteroatoms. The number of hydrogen-bond acceptors (Lipinski definition) is 0. The molecule has 3 aromatic rings.